The van der Waals surface area contributed by atoms with Gasteiger partial charge in [-0.05, 0) is 49.2 Å². The van der Waals surface area contributed by atoms with Crippen molar-refractivity contribution in [3.8, 4) is 5.75 Å². The largest absolute Gasteiger partial charge is 0.497 e. The summed E-state index contributed by atoms with van der Waals surface area (Å²) in [5.74, 6) is 2.96. The zero-order valence-electron chi connectivity index (χ0n) is 13.2. The van der Waals surface area contributed by atoms with E-state index in [1.807, 2.05) is 12.1 Å². The van der Waals surface area contributed by atoms with E-state index in [0.29, 0.717) is 0 Å². The molecule has 1 aromatic carbocycles. The zero-order valence-corrected chi connectivity index (χ0v) is 13.2. The lowest BCUT2D eigenvalue weighted by molar-refractivity contribution is 0.391. The van der Waals surface area contributed by atoms with Crippen LogP contribution in [0, 0.1) is 0 Å². The van der Waals surface area contributed by atoms with Crippen LogP contribution in [0.1, 0.15) is 43.4 Å². The van der Waals surface area contributed by atoms with Gasteiger partial charge in [0.05, 0.1) is 13.2 Å². The number of furan rings is 1. The summed E-state index contributed by atoms with van der Waals surface area (Å²) >= 11 is 0. The first-order valence-corrected chi connectivity index (χ1v) is 7.71. The minimum atomic E-state index is 0.221. The Hall–Kier alpha value is -1.74. The molecule has 0 saturated carbocycles. The van der Waals surface area contributed by atoms with Crippen molar-refractivity contribution >= 4 is 0 Å². The molecule has 0 fully saturated rings. The van der Waals surface area contributed by atoms with E-state index < -0.39 is 0 Å². The van der Waals surface area contributed by atoms with E-state index in [2.05, 4.69) is 43.4 Å². The van der Waals surface area contributed by atoms with E-state index in [-0.39, 0.29) is 6.04 Å². The van der Waals surface area contributed by atoms with E-state index in [1.54, 1.807) is 7.11 Å². The minimum Gasteiger partial charge on any atom is -0.497 e. The molecule has 0 aliphatic heterocycles. The first-order valence-electron chi connectivity index (χ1n) is 7.71. The highest BCUT2D eigenvalue weighted by Gasteiger charge is 2.15. The maximum absolute atomic E-state index is 5.92. The van der Waals surface area contributed by atoms with Gasteiger partial charge in [-0.15, -0.1) is 0 Å². The third kappa shape index (κ3) is 4.36. The number of rotatable bonds is 8. The van der Waals surface area contributed by atoms with Gasteiger partial charge in [-0.3, -0.25) is 0 Å². The molecule has 3 nitrogen and oxygen atoms in total. The molecule has 0 bridgehead atoms. The van der Waals surface area contributed by atoms with Crippen molar-refractivity contribution in [2.45, 2.75) is 39.2 Å². The molecule has 2 rings (SSSR count). The van der Waals surface area contributed by atoms with E-state index in [0.717, 1.165) is 43.1 Å². The number of methoxy groups -OCH3 is 1. The molecule has 1 heterocycles. The summed E-state index contributed by atoms with van der Waals surface area (Å²) in [6.07, 6.45) is 2.96. The third-order valence-corrected chi connectivity index (χ3v) is 3.61. The Balaban J connectivity index is 2.10. The SMILES string of the molecule is CCCNC(Cc1ccc(OC)cc1)c1ccc(CC)o1. The summed E-state index contributed by atoms with van der Waals surface area (Å²) in [7, 11) is 1.69. The van der Waals surface area contributed by atoms with Crippen LogP contribution in [0.3, 0.4) is 0 Å². The lowest BCUT2D eigenvalue weighted by atomic mass is 10.0. The molecule has 0 aliphatic rings. The molecular formula is C18H25NO2. The Bertz CT molecular complexity index is 530. The Morgan fingerprint density at radius 1 is 1.10 bits per heavy atom. The Kier molecular flexibility index (Phi) is 5.88. The average Bonchev–Trinajstić information content (AvgIpc) is 3.01. The first-order chi connectivity index (χ1) is 10.3. The van der Waals surface area contributed by atoms with Gasteiger partial charge in [0, 0.05) is 6.42 Å². The van der Waals surface area contributed by atoms with Gasteiger partial charge in [-0.1, -0.05) is 26.0 Å². The van der Waals surface area contributed by atoms with E-state index in [1.165, 1.54) is 5.56 Å². The van der Waals surface area contributed by atoms with Gasteiger partial charge >= 0.3 is 0 Å². The fourth-order valence-corrected chi connectivity index (χ4v) is 2.36. The number of hydrogen-bond donors (Lipinski definition) is 1. The molecule has 1 aromatic heterocycles. The fraction of sp³-hybridized carbons (Fsp3) is 0.444. The molecule has 2 aromatic rings. The summed E-state index contributed by atoms with van der Waals surface area (Å²) in [6, 6.07) is 12.6. The van der Waals surface area contributed by atoms with Gasteiger partial charge in [0.1, 0.15) is 17.3 Å². The molecule has 0 spiro atoms. The van der Waals surface area contributed by atoms with Crippen LogP contribution in [0.2, 0.25) is 0 Å². The lowest BCUT2D eigenvalue weighted by Crippen LogP contribution is -2.23. The first kappa shape index (κ1) is 15.6. The Morgan fingerprint density at radius 3 is 2.43 bits per heavy atom. The Labute approximate surface area is 127 Å². The van der Waals surface area contributed by atoms with Crippen molar-refractivity contribution in [2.75, 3.05) is 13.7 Å². The van der Waals surface area contributed by atoms with Crippen molar-refractivity contribution in [3.63, 3.8) is 0 Å². The average molecular weight is 287 g/mol. The normalized spacial score (nSPS) is 12.3. The van der Waals surface area contributed by atoms with Crippen LogP contribution in [-0.4, -0.2) is 13.7 Å². The van der Waals surface area contributed by atoms with Gasteiger partial charge in [-0.25, -0.2) is 0 Å². The highest BCUT2D eigenvalue weighted by atomic mass is 16.5. The van der Waals surface area contributed by atoms with Crippen molar-refractivity contribution in [1.29, 1.82) is 0 Å². The third-order valence-electron chi connectivity index (χ3n) is 3.61. The van der Waals surface area contributed by atoms with Crippen LogP contribution >= 0.6 is 0 Å². The van der Waals surface area contributed by atoms with Gasteiger partial charge in [0.15, 0.2) is 0 Å². The highest BCUT2D eigenvalue weighted by molar-refractivity contribution is 5.28. The number of benzene rings is 1. The summed E-state index contributed by atoms with van der Waals surface area (Å²) in [5.41, 5.74) is 1.28. The molecule has 1 unspecified atom stereocenters. The molecule has 1 atom stereocenters. The molecule has 0 saturated heterocycles. The predicted molar refractivity (Wildman–Crippen MR) is 85.8 cm³/mol. The van der Waals surface area contributed by atoms with E-state index in [9.17, 15) is 0 Å². The van der Waals surface area contributed by atoms with E-state index in [4.69, 9.17) is 9.15 Å². The summed E-state index contributed by atoms with van der Waals surface area (Å²) in [6.45, 7) is 5.28. The number of ether oxygens (including phenoxy) is 1. The highest BCUT2D eigenvalue weighted by Crippen LogP contribution is 2.22. The number of nitrogens with one attached hydrogen (secondary N) is 1. The predicted octanol–water partition coefficient (Wildman–Crippen LogP) is 4.13. The molecular weight excluding hydrogens is 262 g/mol. The molecule has 1 N–H and O–H groups in total. The topological polar surface area (TPSA) is 34.4 Å². The van der Waals surface area contributed by atoms with Gasteiger partial charge in [0.25, 0.3) is 0 Å². The van der Waals surface area contributed by atoms with Gasteiger partial charge in [0.2, 0.25) is 0 Å². The summed E-state index contributed by atoms with van der Waals surface area (Å²) < 4.78 is 11.1. The number of aryl methyl sites for hydroxylation is 1. The second kappa shape index (κ2) is 7.89. The van der Waals surface area contributed by atoms with Gasteiger partial charge in [-0.2, -0.15) is 0 Å². The van der Waals surface area contributed by atoms with Crippen LogP contribution in [0.5, 0.6) is 5.75 Å². The van der Waals surface area contributed by atoms with Gasteiger partial charge < -0.3 is 14.5 Å². The minimum absolute atomic E-state index is 0.221. The van der Waals surface area contributed by atoms with Crippen LogP contribution < -0.4 is 10.1 Å². The van der Waals surface area contributed by atoms with Crippen molar-refractivity contribution < 1.29 is 9.15 Å². The standard InChI is InChI=1S/C18H25NO2/c1-4-12-19-17(18-11-10-15(5-2)21-18)13-14-6-8-16(20-3)9-7-14/h6-11,17,19H,4-5,12-13H2,1-3H3. The van der Waals surface area contributed by atoms with Crippen LogP contribution in [0.25, 0.3) is 0 Å². The van der Waals surface area contributed by atoms with Crippen LogP contribution in [0.4, 0.5) is 0 Å². The molecule has 0 aliphatic carbocycles. The maximum Gasteiger partial charge on any atom is 0.121 e. The monoisotopic (exact) mass is 287 g/mol. The Morgan fingerprint density at radius 2 is 1.86 bits per heavy atom. The molecule has 21 heavy (non-hydrogen) atoms. The van der Waals surface area contributed by atoms with Crippen molar-refractivity contribution in [1.82, 2.24) is 5.32 Å². The lowest BCUT2D eigenvalue weighted by Gasteiger charge is -2.16. The quantitative estimate of drug-likeness (QED) is 0.792. The molecule has 0 amide bonds. The smallest absolute Gasteiger partial charge is 0.121 e. The van der Waals surface area contributed by atoms with Crippen molar-refractivity contribution in [2.24, 2.45) is 0 Å². The van der Waals surface area contributed by atoms with Crippen LogP contribution in [-0.2, 0) is 12.8 Å². The maximum atomic E-state index is 5.92. The van der Waals surface area contributed by atoms with Crippen LogP contribution in [0.15, 0.2) is 40.8 Å². The second-order valence-corrected chi connectivity index (χ2v) is 5.22. The zero-order chi connectivity index (χ0) is 15.1. The van der Waals surface area contributed by atoms with Crippen molar-refractivity contribution in [3.05, 3.63) is 53.5 Å². The van der Waals surface area contributed by atoms with E-state index >= 15 is 0 Å². The second-order valence-electron chi connectivity index (χ2n) is 5.22. The number of hydrogen-bond acceptors (Lipinski definition) is 3. The molecule has 0 radical (unpaired) electrons. The summed E-state index contributed by atoms with van der Waals surface area (Å²) in [4.78, 5) is 0. The summed E-state index contributed by atoms with van der Waals surface area (Å²) in [5, 5.41) is 3.58. The molecule has 3 heteroatoms. The molecule has 114 valence electrons. The fourth-order valence-electron chi connectivity index (χ4n) is 2.36.